The average molecular weight is 292 g/mol. The molecule has 4 nitrogen and oxygen atoms in total. The van der Waals surface area contributed by atoms with E-state index in [-0.39, 0.29) is 5.56 Å². The maximum atomic E-state index is 12.2. The third-order valence-electron chi connectivity index (χ3n) is 4.17. The molecule has 2 heterocycles. The molecule has 4 heteroatoms. The molecule has 0 fully saturated rings. The average Bonchev–Trinajstić information content (AvgIpc) is 2.56. The van der Waals surface area contributed by atoms with E-state index in [1.807, 2.05) is 30.3 Å². The molecular formula is C18H16N2O2. The van der Waals surface area contributed by atoms with Crippen LogP contribution in [0.4, 0.5) is 0 Å². The molecule has 0 spiro atoms. The number of hydrogen-bond acceptors (Lipinski definition) is 3. The summed E-state index contributed by atoms with van der Waals surface area (Å²) in [5.41, 5.74) is 3.03. The predicted molar refractivity (Wildman–Crippen MR) is 85.5 cm³/mol. The maximum absolute atomic E-state index is 12.2. The van der Waals surface area contributed by atoms with Gasteiger partial charge < -0.3 is 9.72 Å². The molecule has 3 aromatic rings. The molecule has 0 atom stereocenters. The van der Waals surface area contributed by atoms with Gasteiger partial charge >= 0.3 is 0 Å². The second-order valence-corrected chi connectivity index (χ2v) is 5.60. The van der Waals surface area contributed by atoms with Crippen LogP contribution >= 0.6 is 0 Å². The zero-order valence-electron chi connectivity index (χ0n) is 12.1. The molecule has 110 valence electrons. The summed E-state index contributed by atoms with van der Waals surface area (Å²) in [7, 11) is 0. The van der Waals surface area contributed by atoms with Gasteiger partial charge in [0.15, 0.2) is 0 Å². The zero-order chi connectivity index (χ0) is 14.9. The minimum absolute atomic E-state index is 0.0391. The number of aromatic amines is 1. The molecule has 0 saturated carbocycles. The van der Waals surface area contributed by atoms with Gasteiger partial charge in [0.1, 0.15) is 5.75 Å². The molecule has 4 rings (SSSR count). The number of aromatic nitrogens is 2. The molecular weight excluding hydrogens is 276 g/mol. The van der Waals surface area contributed by atoms with Crippen LogP contribution < -0.4 is 10.3 Å². The van der Waals surface area contributed by atoms with Crippen LogP contribution in [0.3, 0.4) is 0 Å². The SMILES string of the molecule is O=c1[nH]c2cc(Oc3ccccn3)ccc2c2c1CCCC2. The number of fused-ring (bicyclic) bond motifs is 3. The largest absolute Gasteiger partial charge is 0.439 e. The lowest BCUT2D eigenvalue weighted by molar-refractivity contribution is 0.463. The van der Waals surface area contributed by atoms with Crippen molar-refractivity contribution < 1.29 is 4.74 Å². The molecule has 2 aromatic heterocycles. The Morgan fingerprint density at radius 2 is 1.91 bits per heavy atom. The van der Waals surface area contributed by atoms with E-state index in [2.05, 4.69) is 9.97 Å². The molecule has 1 N–H and O–H groups in total. The van der Waals surface area contributed by atoms with Gasteiger partial charge in [0.2, 0.25) is 5.88 Å². The fraction of sp³-hybridized carbons (Fsp3) is 0.222. The van der Waals surface area contributed by atoms with Crippen molar-refractivity contribution in [1.29, 1.82) is 0 Å². The summed E-state index contributed by atoms with van der Waals surface area (Å²) in [6.07, 6.45) is 5.80. The van der Waals surface area contributed by atoms with Gasteiger partial charge in [-0.25, -0.2) is 4.98 Å². The Morgan fingerprint density at radius 3 is 2.73 bits per heavy atom. The molecule has 1 aliphatic rings. The summed E-state index contributed by atoms with van der Waals surface area (Å²) in [5.74, 6) is 1.22. The number of nitrogens with zero attached hydrogens (tertiary/aromatic N) is 1. The first-order valence-electron chi connectivity index (χ1n) is 7.58. The molecule has 0 bridgehead atoms. The fourth-order valence-electron chi connectivity index (χ4n) is 3.13. The highest BCUT2D eigenvalue weighted by molar-refractivity contribution is 5.84. The Labute approximate surface area is 127 Å². The number of nitrogens with one attached hydrogen (secondary N) is 1. The van der Waals surface area contributed by atoms with Crippen molar-refractivity contribution >= 4 is 10.9 Å². The van der Waals surface area contributed by atoms with Crippen molar-refractivity contribution in [1.82, 2.24) is 9.97 Å². The molecule has 0 saturated heterocycles. The lowest BCUT2D eigenvalue weighted by Gasteiger charge is -2.17. The maximum Gasteiger partial charge on any atom is 0.251 e. The smallest absolute Gasteiger partial charge is 0.251 e. The first-order chi connectivity index (χ1) is 10.8. The first-order valence-corrected chi connectivity index (χ1v) is 7.58. The third kappa shape index (κ3) is 2.26. The van der Waals surface area contributed by atoms with E-state index >= 15 is 0 Å². The number of hydrogen-bond donors (Lipinski definition) is 1. The van der Waals surface area contributed by atoms with Gasteiger partial charge in [-0.2, -0.15) is 0 Å². The molecule has 0 aliphatic heterocycles. The third-order valence-corrected chi connectivity index (χ3v) is 4.17. The minimum Gasteiger partial charge on any atom is -0.439 e. The lowest BCUT2D eigenvalue weighted by atomic mass is 9.90. The monoisotopic (exact) mass is 292 g/mol. The van der Waals surface area contributed by atoms with Crippen molar-refractivity contribution in [2.24, 2.45) is 0 Å². The van der Waals surface area contributed by atoms with E-state index in [1.165, 1.54) is 5.56 Å². The summed E-state index contributed by atoms with van der Waals surface area (Å²) < 4.78 is 5.74. The standard InChI is InChI=1S/C18H16N2O2/c21-18-15-6-2-1-5-13(15)14-9-8-12(11-16(14)20-18)22-17-7-3-4-10-19-17/h3-4,7-11H,1-2,5-6H2,(H,20,21). The van der Waals surface area contributed by atoms with Crippen molar-refractivity contribution in [3.8, 4) is 11.6 Å². The number of ether oxygens (including phenoxy) is 1. The van der Waals surface area contributed by atoms with E-state index in [0.717, 1.165) is 42.1 Å². The summed E-state index contributed by atoms with van der Waals surface area (Å²) in [6.45, 7) is 0. The minimum atomic E-state index is 0.0391. The van der Waals surface area contributed by atoms with Crippen LogP contribution in [-0.2, 0) is 12.8 Å². The molecule has 0 unspecified atom stereocenters. The molecule has 0 amide bonds. The van der Waals surface area contributed by atoms with Gasteiger partial charge in [0.05, 0.1) is 5.52 Å². The van der Waals surface area contributed by atoms with E-state index in [4.69, 9.17) is 4.74 Å². The van der Waals surface area contributed by atoms with Crippen LogP contribution in [0.15, 0.2) is 47.4 Å². The predicted octanol–water partition coefficient (Wildman–Crippen LogP) is 3.59. The summed E-state index contributed by atoms with van der Waals surface area (Å²) in [6, 6.07) is 11.4. The molecule has 0 radical (unpaired) electrons. The highest BCUT2D eigenvalue weighted by Crippen LogP contribution is 2.29. The highest BCUT2D eigenvalue weighted by atomic mass is 16.5. The Balaban J connectivity index is 1.80. The molecule has 1 aliphatic carbocycles. The van der Waals surface area contributed by atoms with E-state index < -0.39 is 0 Å². The van der Waals surface area contributed by atoms with Gasteiger partial charge in [0.25, 0.3) is 5.56 Å². The van der Waals surface area contributed by atoms with E-state index in [1.54, 1.807) is 12.3 Å². The van der Waals surface area contributed by atoms with Crippen LogP contribution in [-0.4, -0.2) is 9.97 Å². The second-order valence-electron chi connectivity index (χ2n) is 5.60. The Bertz CT molecular complexity index is 885. The normalized spacial score (nSPS) is 13.8. The number of aryl methyl sites for hydroxylation is 1. The highest BCUT2D eigenvalue weighted by Gasteiger charge is 2.16. The number of rotatable bonds is 2. The van der Waals surface area contributed by atoms with Crippen molar-refractivity contribution in [3.63, 3.8) is 0 Å². The van der Waals surface area contributed by atoms with Crippen LogP contribution in [0.25, 0.3) is 10.9 Å². The summed E-state index contributed by atoms with van der Waals surface area (Å²) >= 11 is 0. The number of H-pyrrole nitrogens is 1. The van der Waals surface area contributed by atoms with E-state index in [0.29, 0.717) is 11.6 Å². The van der Waals surface area contributed by atoms with Crippen LogP contribution in [0.5, 0.6) is 11.6 Å². The Morgan fingerprint density at radius 1 is 1.05 bits per heavy atom. The summed E-state index contributed by atoms with van der Waals surface area (Å²) in [4.78, 5) is 19.4. The fourth-order valence-corrected chi connectivity index (χ4v) is 3.13. The second kappa shape index (κ2) is 5.30. The van der Waals surface area contributed by atoms with Gasteiger partial charge in [-0.3, -0.25) is 4.79 Å². The number of pyridine rings is 2. The van der Waals surface area contributed by atoms with E-state index in [9.17, 15) is 4.79 Å². The van der Waals surface area contributed by atoms with Crippen molar-refractivity contribution in [2.45, 2.75) is 25.7 Å². The van der Waals surface area contributed by atoms with Crippen LogP contribution in [0.1, 0.15) is 24.0 Å². The van der Waals surface area contributed by atoms with Crippen molar-refractivity contribution in [2.75, 3.05) is 0 Å². The summed E-state index contributed by atoms with van der Waals surface area (Å²) in [5, 5.41) is 1.13. The van der Waals surface area contributed by atoms with Gasteiger partial charge in [0, 0.05) is 29.3 Å². The van der Waals surface area contributed by atoms with Crippen LogP contribution in [0.2, 0.25) is 0 Å². The van der Waals surface area contributed by atoms with Gasteiger partial charge in [-0.15, -0.1) is 0 Å². The van der Waals surface area contributed by atoms with Crippen molar-refractivity contribution in [3.05, 3.63) is 64.1 Å². The lowest BCUT2D eigenvalue weighted by Crippen LogP contribution is -2.19. The molecule has 1 aromatic carbocycles. The Hall–Kier alpha value is -2.62. The topological polar surface area (TPSA) is 55.0 Å². The quantitative estimate of drug-likeness (QED) is 0.785. The number of benzene rings is 1. The van der Waals surface area contributed by atoms with Crippen LogP contribution in [0, 0.1) is 0 Å². The first kappa shape index (κ1) is 13.1. The zero-order valence-corrected chi connectivity index (χ0v) is 12.1. The molecule has 22 heavy (non-hydrogen) atoms. The van der Waals surface area contributed by atoms with Gasteiger partial charge in [-0.05, 0) is 49.4 Å². The Kier molecular flexibility index (Phi) is 3.15. The van der Waals surface area contributed by atoms with Gasteiger partial charge in [-0.1, -0.05) is 6.07 Å².